The average molecular weight is 298 g/mol. The van der Waals surface area contributed by atoms with Crippen LogP contribution in [0.5, 0.6) is 5.75 Å². The second kappa shape index (κ2) is 5.58. The van der Waals surface area contributed by atoms with Crippen LogP contribution in [0.3, 0.4) is 0 Å². The van der Waals surface area contributed by atoms with Crippen molar-refractivity contribution in [3.63, 3.8) is 0 Å². The highest BCUT2D eigenvalue weighted by molar-refractivity contribution is 6.33. The monoisotopic (exact) mass is 297 g/mol. The van der Waals surface area contributed by atoms with Crippen LogP contribution >= 0.6 is 11.6 Å². The average Bonchev–Trinajstić information content (AvgIpc) is 2.39. The van der Waals surface area contributed by atoms with Gasteiger partial charge in [-0.05, 0) is 6.42 Å². The molecule has 0 amide bonds. The number of methoxy groups -OCH3 is 1. The van der Waals surface area contributed by atoms with Gasteiger partial charge in [0.25, 0.3) is 5.69 Å². The van der Waals surface area contributed by atoms with Crippen molar-refractivity contribution in [2.75, 3.05) is 7.11 Å². The van der Waals surface area contributed by atoms with E-state index in [-0.39, 0.29) is 33.6 Å². The van der Waals surface area contributed by atoms with Gasteiger partial charge < -0.3 is 4.74 Å². The van der Waals surface area contributed by atoms with Gasteiger partial charge in [-0.2, -0.15) is 0 Å². The number of nitro benzene ring substituents is 1. The summed E-state index contributed by atoms with van der Waals surface area (Å²) in [5, 5.41) is 10.8. The molecule has 7 heteroatoms. The topological polar surface area (TPSA) is 86.5 Å². The predicted octanol–water partition coefficient (Wildman–Crippen LogP) is 2.66. The van der Waals surface area contributed by atoms with E-state index in [0.717, 1.165) is 6.07 Å². The van der Waals surface area contributed by atoms with Gasteiger partial charge in [-0.1, -0.05) is 11.6 Å². The molecule has 1 aliphatic rings. The Balaban J connectivity index is 2.58. The molecule has 0 bridgehead atoms. The number of halogens is 1. The molecule has 6 nitrogen and oxygen atoms in total. The second-order valence-corrected chi connectivity index (χ2v) is 4.93. The number of ketones is 2. The van der Waals surface area contributed by atoms with E-state index in [1.807, 2.05) is 0 Å². The number of carbonyl (C=O) groups excluding carboxylic acids is 2. The molecule has 20 heavy (non-hydrogen) atoms. The van der Waals surface area contributed by atoms with Gasteiger partial charge in [0, 0.05) is 24.5 Å². The van der Waals surface area contributed by atoms with Crippen LogP contribution in [0.4, 0.5) is 5.69 Å². The van der Waals surface area contributed by atoms with Crippen LogP contribution in [0.15, 0.2) is 12.1 Å². The second-order valence-electron chi connectivity index (χ2n) is 4.52. The van der Waals surface area contributed by atoms with Crippen LogP contribution in [-0.2, 0) is 9.59 Å². The lowest BCUT2D eigenvalue weighted by Gasteiger charge is -2.22. The summed E-state index contributed by atoms with van der Waals surface area (Å²) in [5.41, 5.74) is -0.0132. The van der Waals surface area contributed by atoms with Gasteiger partial charge in [-0.25, -0.2) is 0 Å². The van der Waals surface area contributed by atoms with Gasteiger partial charge in [0.15, 0.2) is 0 Å². The van der Waals surface area contributed by atoms with Crippen LogP contribution in [0.1, 0.15) is 30.7 Å². The Hall–Kier alpha value is -1.95. The Labute approximate surface area is 119 Å². The minimum Gasteiger partial charge on any atom is -0.496 e. The van der Waals surface area contributed by atoms with Crippen molar-refractivity contribution in [1.29, 1.82) is 0 Å². The zero-order chi connectivity index (χ0) is 14.9. The largest absolute Gasteiger partial charge is 0.496 e. The summed E-state index contributed by atoms with van der Waals surface area (Å²) in [7, 11) is 1.32. The normalized spacial score (nSPS) is 16.3. The molecular weight excluding hydrogens is 286 g/mol. The lowest BCUT2D eigenvalue weighted by molar-refractivity contribution is -0.384. The molecule has 1 saturated carbocycles. The molecular formula is C13H12ClNO5. The van der Waals surface area contributed by atoms with E-state index in [9.17, 15) is 19.7 Å². The Morgan fingerprint density at radius 2 is 1.90 bits per heavy atom. The molecule has 0 aliphatic heterocycles. The smallest absolute Gasteiger partial charge is 0.274 e. The van der Waals surface area contributed by atoms with E-state index >= 15 is 0 Å². The molecule has 0 spiro atoms. The van der Waals surface area contributed by atoms with Gasteiger partial charge >= 0.3 is 0 Å². The van der Waals surface area contributed by atoms with E-state index in [0.29, 0.717) is 19.3 Å². The molecule has 0 unspecified atom stereocenters. The molecule has 0 heterocycles. The molecule has 0 aromatic heterocycles. The number of nitrogens with zero attached hydrogens (tertiary/aromatic N) is 1. The highest BCUT2D eigenvalue weighted by Crippen LogP contribution is 2.40. The van der Waals surface area contributed by atoms with Gasteiger partial charge in [0.1, 0.15) is 23.2 Å². The maximum atomic E-state index is 12.0. The summed E-state index contributed by atoms with van der Waals surface area (Å²) in [4.78, 5) is 34.1. The number of carbonyl (C=O) groups is 2. The Morgan fingerprint density at radius 3 is 2.40 bits per heavy atom. The van der Waals surface area contributed by atoms with Crippen molar-refractivity contribution < 1.29 is 19.2 Å². The molecule has 0 saturated heterocycles. The molecule has 2 rings (SSSR count). The minimum atomic E-state index is -0.980. The maximum absolute atomic E-state index is 12.0. The summed E-state index contributed by atoms with van der Waals surface area (Å²) < 4.78 is 5.07. The van der Waals surface area contributed by atoms with Gasteiger partial charge in [-0.15, -0.1) is 0 Å². The quantitative estimate of drug-likeness (QED) is 0.486. The van der Waals surface area contributed by atoms with Crippen molar-refractivity contribution >= 4 is 28.9 Å². The van der Waals surface area contributed by atoms with E-state index in [4.69, 9.17) is 16.3 Å². The number of hydrogen-bond donors (Lipinski definition) is 0. The molecule has 106 valence electrons. The SMILES string of the molecule is COc1cc([N+](=O)[O-])cc(Cl)c1C1C(=O)CCCC1=O. The first-order valence-electron chi connectivity index (χ1n) is 6.03. The third kappa shape index (κ3) is 2.51. The van der Waals surface area contributed by atoms with Crippen molar-refractivity contribution in [3.05, 3.63) is 32.8 Å². The number of ether oxygens (including phenoxy) is 1. The van der Waals surface area contributed by atoms with Crippen LogP contribution in [-0.4, -0.2) is 23.6 Å². The van der Waals surface area contributed by atoms with Crippen molar-refractivity contribution in [2.45, 2.75) is 25.2 Å². The van der Waals surface area contributed by atoms with E-state index < -0.39 is 10.8 Å². The van der Waals surface area contributed by atoms with Crippen molar-refractivity contribution in [3.8, 4) is 5.75 Å². The summed E-state index contributed by atoms with van der Waals surface area (Å²) >= 11 is 6.03. The number of nitro groups is 1. The Kier molecular flexibility index (Phi) is 4.04. The zero-order valence-electron chi connectivity index (χ0n) is 10.7. The summed E-state index contributed by atoms with van der Waals surface area (Å²) in [5.74, 6) is -1.34. The first-order chi connectivity index (χ1) is 9.45. The first kappa shape index (κ1) is 14.5. The van der Waals surface area contributed by atoms with E-state index in [1.54, 1.807) is 0 Å². The summed E-state index contributed by atoms with van der Waals surface area (Å²) in [6, 6.07) is 2.31. The zero-order valence-corrected chi connectivity index (χ0v) is 11.5. The third-order valence-corrected chi connectivity index (χ3v) is 3.60. The van der Waals surface area contributed by atoms with Gasteiger partial charge in [0.05, 0.1) is 23.1 Å². The van der Waals surface area contributed by atoms with Crippen LogP contribution in [0.2, 0.25) is 5.02 Å². The summed E-state index contributed by atoms with van der Waals surface area (Å²) in [6.07, 6.45) is 1.13. The van der Waals surface area contributed by atoms with Crippen molar-refractivity contribution in [2.24, 2.45) is 0 Å². The fraction of sp³-hybridized carbons (Fsp3) is 0.385. The summed E-state index contributed by atoms with van der Waals surface area (Å²) in [6.45, 7) is 0. The first-order valence-corrected chi connectivity index (χ1v) is 6.40. The molecule has 1 fully saturated rings. The number of hydrogen-bond acceptors (Lipinski definition) is 5. The Morgan fingerprint density at radius 1 is 1.30 bits per heavy atom. The predicted molar refractivity (Wildman–Crippen MR) is 71.3 cm³/mol. The minimum absolute atomic E-state index is 0.00431. The van der Waals surface area contributed by atoms with E-state index in [1.165, 1.54) is 13.2 Å². The van der Waals surface area contributed by atoms with Crippen LogP contribution < -0.4 is 4.74 Å². The van der Waals surface area contributed by atoms with Gasteiger partial charge in [0.2, 0.25) is 0 Å². The highest BCUT2D eigenvalue weighted by atomic mass is 35.5. The molecule has 0 atom stereocenters. The molecule has 0 radical (unpaired) electrons. The lowest BCUT2D eigenvalue weighted by atomic mass is 9.81. The fourth-order valence-corrected chi connectivity index (χ4v) is 2.67. The number of non-ortho nitro benzene ring substituents is 1. The number of Topliss-reactive ketones (excluding diaryl/α,β-unsaturated/α-hetero) is 2. The Bertz CT molecular complexity index is 583. The van der Waals surface area contributed by atoms with Crippen LogP contribution in [0, 0.1) is 10.1 Å². The number of benzene rings is 1. The maximum Gasteiger partial charge on any atom is 0.274 e. The molecule has 1 aliphatic carbocycles. The number of rotatable bonds is 3. The van der Waals surface area contributed by atoms with E-state index in [2.05, 4.69) is 0 Å². The van der Waals surface area contributed by atoms with Gasteiger partial charge in [-0.3, -0.25) is 19.7 Å². The molecule has 0 N–H and O–H groups in total. The fourth-order valence-electron chi connectivity index (χ4n) is 2.36. The third-order valence-electron chi connectivity index (χ3n) is 3.29. The molecule has 1 aromatic carbocycles. The molecule has 1 aromatic rings. The standard InChI is InChI=1S/C13H12ClNO5/c1-20-11-6-7(15(18)19)5-8(14)12(11)13-9(16)3-2-4-10(13)17/h5-6,13H,2-4H2,1H3. The van der Waals surface area contributed by atoms with Crippen LogP contribution in [0.25, 0.3) is 0 Å². The lowest BCUT2D eigenvalue weighted by Crippen LogP contribution is -2.27. The van der Waals surface area contributed by atoms with Crippen molar-refractivity contribution in [1.82, 2.24) is 0 Å². The highest BCUT2D eigenvalue weighted by Gasteiger charge is 2.36.